The Morgan fingerprint density at radius 1 is 1.29 bits per heavy atom. The molecule has 2 aliphatic carbocycles. The SMILES string of the molecule is CCN(CC)CCNC1(CN)CC2CCC1C2. The Kier molecular flexibility index (Phi) is 4.45. The molecule has 3 nitrogen and oxygen atoms in total. The van der Waals surface area contributed by atoms with E-state index >= 15 is 0 Å². The normalized spacial score (nSPS) is 36.0. The maximum atomic E-state index is 6.06. The molecule has 0 aliphatic heterocycles. The van der Waals surface area contributed by atoms with E-state index in [-0.39, 0.29) is 5.54 Å². The van der Waals surface area contributed by atoms with E-state index in [1.165, 1.54) is 25.7 Å². The van der Waals surface area contributed by atoms with Crippen molar-refractivity contribution in [3.63, 3.8) is 0 Å². The topological polar surface area (TPSA) is 41.3 Å². The van der Waals surface area contributed by atoms with Crippen molar-refractivity contribution in [2.45, 2.75) is 45.1 Å². The fraction of sp³-hybridized carbons (Fsp3) is 1.00. The lowest BCUT2D eigenvalue weighted by Crippen LogP contribution is -2.56. The molecule has 2 aliphatic rings. The maximum absolute atomic E-state index is 6.06. The van der Waals surface area contributed by atoms with Crippen LogP contribution in [0.25, 0.3) is 0 Å². The molecule has 0 radical (unpaired) electrons. The molecule has 0 aromatic heterocycles. The average molecular weight is 239 g/mol. The highest BCUT2D eigenvalue weighted by Crippen LogP contribution is 2.50. The predicted octanol–water partition coefficient (Wildman–Crippen LogP) is 1.44. The zero-order valence-electron chi connectivity index (χ0n) is 11.5. The summed E-state index contributed by atoms with van der Waals surface area (Å²) in [5.74, 6) is 1.82. The molecular weight excluding hydrogens is 210 g/mol. The van der Waals surface area contributed by atoms with Crippen molar-refractivity contribution in [1.82, 2.24) is 10.2 Å². The van der Waals surface area contributed by atoms with Crippen LogP contribution in [0.1, 0.15) is 39.5 Å². The summed E-state index contributed by atoms with van der Waals surface area (Å²) in [6.45, 7) is 9.86. The van der Waals surface area contributed by atoms with Gasteiger partial charge in [0.25, 0.3) is 0 Å². The van der Waals surface area contributed by atoms with Gasteiger partial charge in [0.1, 0.15) is 0 Å². The van der Waals surface area contributed by atoms with Crippen molar-refractivity contribution >= 4 is 0 Å². The lowest BCUT2D eigenvalue weighted by atomic mass is 9.81. The third-order valence-electron chi connectivity index (χ3n) is 5.14. The minimum Gasteiger partial charge on any atom is -0.329 e. The largest absolute Gasteiger partial charge is 0.329 e. The molecule has 3 atom stereocenters. The van der Waals surface area contributed by atoms with Gasteiger partial charge in [-0.3, -0.25) is 0 Å². The highest BCUT2D eigenvalue weighted by atomic mass is 15.1. The molecule has 0 spiro atoms. The molecule has 2 bridgehead atoms. The minimum atomic E-state index is 0.288. The van der Waals surface area contributed by atoms with Crippen molar-refractivity contribution < 1.29 is 0 Å². The quantitative estimate of drug-likeness (QED) is 0.706. The summed E-state index contributed by atoms with van der Waals surface area (Å²) >= 11 is 0. The average Bonchev–Trinajstić information content (AvgIpc) is 2.95. The van der Waals surface area contributed by atoms with Gasteiger partial charge in [0.2, 0.25) is 0 Å². The van der Waals surface area contributed by atoms with E-state index in [1.54, 1.807) is 0 Å². The number of fused-ring (bicyclic) bond motifs is 2. The van der Waals surface area contributed by atoms with Crippen molar-refractivity contribution in [2.24, 2.45) is 17.6 Å². The van der Waals surface area contributed by atoms with Gasteiger partial charge in [0, 0.05) is 25.2 Å². The van der Waals surface area contributed by atoms with Gasteiger partial charge in [-0.05, 0) is 44.2 Å². The van der Waals surface area contributed by atoms with Crippen LogP contribution in [0.2, 0.25) is 0 Å². The standard InChI is InChI=1S/C14H29N3/c1-3-17(4-2)8-7-16-14(11-15)10-12-5-6-13(14)9-12/h12-13,16H,3-11,15H2,1-2H3. The molecule has 0 amide bonds. The number of likely N-dealkylation sites (N-methyl/N-ethyl adjacent to an activating group) is 1. The van der Waals surface area contributed by atoms with Crippen LogP contribution in [0.15, 0.2) is 0 Å². The van der Waals surface area contributed by atoms with Gasteiger partial charge in [-0.2, -0.15) is 0 Å². The zero-order chi connectivity index (χ0) is 12.3. The third kappa shape index (κ3) is 2.67. The monoisotopic (exact) mass is 239 g/mol. The summed E-state index contributed by atoms with van der Waals surface area (Å²) < 4.78 is 0. The van der Waals surface area contributed by atoms with E-state index in [4.69, 9.17) is 5.73 Å². The highest BCUT2D eigenvalue weighted by Gasteiger charge is 2.49. The Morgan fingerprint density at radius 3 is 2.53 bits per heavy atom. The van der Waals surface area contributed by atoms with E-state index in [2.05, 4.69) is 24.1 Å². The molecule has 0 aromatic rings. The van der Waals surface area contributed by atoms with Gasteiger partial charge in [-0.25, -0.2) is 0 Å². The first kappa shape index (κ1) is 13.3. The molecule has 3 unspecified atom stereocenters. The van der Waals surface area contributed by atoms with Crippen molar-refractivity contribution in [1.29, 1.82) is 0 Å². The maximum Gasteiger partial charge on any atom is 0.0335 e. The van der Waals surface area contributed by atoms with E-state index in [0.717, 1.165) is 44.6 Å². The molecular formula is C14H29N3. The van der Waals surface area contributed by atoms with Crippen LogP contribution < -0.4 is 11.1 Å². The summed E-state index contributed by atoms with van der Waals surface area (Å²) in [4.78, 5) is 2.48. The van der Waals surface area contributed by atoms with Crippen LogP contribution in [0.5, 0.6) is 0 Å². The van der Waals surface area contributed by atoms with E-state index in [0.29, 0.717) is 0 Å². The van der Waals surface area contributed by atoms with Crippen LogP contribution in [0.3, 0.4) is 0 Å². The molecule has 3 heteroatoms. The van der Waals surface area contributed by atoms with E-state index in [1.807, 2.05) is 0 Å². The second kappa shape index (κ2) is 5.68. The first-order valence-corrected chi connectivity index (χ1v) is 7.41. The second-order valence-electron chi connectivity index (χ2n) is 5.89. The van der Waals surface area contributed by atoms with Crippen LogP contribution >= 0.6 is 0 Å². The summed E-state index contributed by atoms with van der Waals surface area (Å²) in [5.41, 5.74) is 6.35. The Labute approximate surface area is 106 Å². The van der Waals surface area contributed by atoms with Gasteiger partial charge < -0.3 is 16.0 Å². The Hall–Kier alpha value is -0.120. The first-order chi connectivity index (χ1) is 8.24. The third-order valence-corrected chi connectivity index (χ3v) is 5.14. The number of hydrogen-bond donors (Lipinski definition) is 2. The van der Waals surface area contributed by atoms with Crippen molar-refractivity contribution in [3.8, 4) is 0 Å². The molecule has 3 N–H and O–H groups in total. The number of nitrogens with zero attached hydrogens (tertiary/aromatic N) is 1. The van der Waals surface area contributed by atoms with Gasteiger partial charge in [0.05, 0.1) is 0 Å². The van der Waals surface area contributed by atoms with E-state index in [9.17, 15) is 0 Å². The summed E-state index contributed by atoms with van der Waals surface area (Å²) in [6.07, 6.45) is 5.60. The fourth-order valence-corrected chi connectivity index (χ4v) is 3.99. The van der Waals surface area contributed by atoms with Crippen LogP contribution in [0.4, 0.5) is 0 Å². The second-order valence-corrected chi connectivity index (χ2v) is 5.89. The van der Waals surface area contributed by atoms with Crippen molar-refractivity contribution in [3.05, 3.63) is 0 Å². The number of rotatable bonds is 7. The van der Waals surface area contributed by atoms with Crippen LogP contribution in [-0.2, 0) is 0 Å². The van der Waals surface area contributed by atoms with Crippen LogP contribution in [-0.4, -0.2) is 43.2 Å². The molecule has 2 rings (SSSR count). The fourth-order valence-electron chi connectivity index (χ4n) is 3.99. The summed E-state index contributed by atoms with van der Waals surface area (Å²) in [6, 6.07) is 0. The molecule has 0 heterocycles. The molecule has 100 valence electrons. The van der Waals surface area contributed by atoms with E-state index < -0.39 is 0 Å². The Morgan fingerprint density at radius 2 is 2.06 bits per heavy atom. The van der Waals surface area contributed by atoms with Gasteiger partial charge in [-0.1, -0.05) is 20.3 Å². The highest BCUT2D eigenvalue weighted by molar-refractivity contribution is 5.07. The van der Waals surface area contributed by atoms with Crippen LogP contribution in [0, 0.1) is 11.8 Å². The molecule has 0 aromatic carbocycles. The Bertz CT molecular complexity index is 240. The molecule has 17 heavy (non-hydrogen) atoms. The lowest BCUT2D eigenvalue weighted by molar-refractivity contribution is 0.201. The first-order valence-electron chi connectivity index (χ1n) is 7.41. The number of hydrogen-bond acceptors (Lipinski definition) is 3. The lowest BCUT2D eigenvalue weighted by Gasteiger charge is -2.38. The molecule has 0 saturated heterocycles. The molecule has 2 saturated carbocycles. The van der Waals surface area contributed by atoms with Gasteiger partial charge in [0.15, 0.2) is 0 Å². The minimum absolute atomic E-state index is 0.288. The Balaban J connectivity index is 1.80. The predicted molar refractivity (Wildman–Crippen MR) is 73.0 cm³/mol. The summed E-state index contributed by atoms with van der Waals surface area (Å²) in [5, 5.41) is 3.81. The van der Waals surface area contributed by atoms with Gasteiger partial charge in [-0.15, -0.1) is 0 Å². The molecule has 2 fully saturated rings. The van der Waals surface area contributed by atoms with Crippen molar-refractivity contribution in [2.75, 3.05) is 32.7 Å². The smallest absolute Gasteiger partial charge is 0.0335 e. The summed E-state index contributed by atoms with van der Waals surface area (Å²) in [7, 11) is 0. The number of nitrogens with one attached hydrogen (secondary N) is 1. The van der Waals surface area contributed by atoms with Gasteiger partial charge >= 0.3 is 0 Å². The zero-order valence-corrected chi connectivity index (χ0v) is 11.5. The number of nitrogens with two attached hydrogens (primary N) is 1.